The molecule has 1 aromatic rings. The standard InChI is InChI=1S/C17H18N2O.2C2H6.CH4/c20-17-11-13-10-12(14-4-3-8-18-14)6-7-15(13)19-9-2-1-5-16(17)19;2*1-2;/h3,6-8,10,16H,1-2,4-5,9,11H2;2*1-2H3;1H4. The van der Waals surface area contributed by atoms with E-state index >= 15 is 0 Å². The van der Waals surface area contributed by atoms with Gasteiger partial charge in [-0.15, -0.1) is 0 Å². The second-order valence-corrected chi connectivity index (χ2v) is 5.86. The largest absolute Gasteiger partial charge is 0.361 e. The molecule has 25 heavy (non-hydrogen) atoms. The predicted molar refractivity (Wildman–Crippen MR) is 110 cm³/mol. The van der Waals surface area contributed by atoms with Gasteiger partial charge >= 0.3 is 0 Å². The number of anilines is 1. The number of allylic oxidation sites excluding steroid dienone is 1. The van der Waals surface area contributed by atoms with Crippen molar-refractivity contribution in [1.82, 2.24) is 0 Å². The zero-order chi connectivity index (χ0) is 17.5. The minimum absolute atomic E-state index is 0. The Bertz CT molecular complexity index is 631. The molecular formula is C22H34N2O. The molecule has 3 aliphatic heterocycles. The van der Waals surface area contributed by atoms with Crippen molar-refractivity contribution in [2.24, 2.45) is 4.99 Å². The molecule has 0 N–H and O–H groups in total. The summed E-state index contributed by atoms with van der Waals surface area (Å²) in [6.45, 7) is 9.02. The van der Waals surface area contributed by atoms with Gasteiger partial charge in [-0.3, -0.25) is 9.79 Å². The van der Waals surface area contributed by atoms with Gasteiger partial charge in [-0.1, -0.05) is 47.3 Å². The zero-order valence-corrected chi connectivity index (χ0v) is 15.5. The third-order valence-electron chi connectivity index (χ3n) is 4.61. The number of piperidine rings is 1. The lowest BCUT2D eigenvalue weighted by atomic mass is 9.87. The number of benzene rings is 1. The SMILES string of the molecule is C.CC.CC.O=C1Cc2cc(C3=NC=CC3)ccc2N2CCCCC12. The van der Waals surface area contributed by atoms with E-state index in [9.17, 15) is 4.79 Å². The van der Waals surface area contributed by atoms with Crippen LogP contribution < -0.4 is 4.90 Å². The second kappa shape index (κ2) is 10.2. The highest BCUT2D eigenvalue weighted by atomic mass is 16.1. The molecule has 3 aliphatic rings. The number of nitrogens with zero attached hydrogens (tertiary/aromatic N) is 2. The summed E-state index contributed by atoms with van der Waals surface area (Å²) >= 11 is 0. The normalized spacial score (nSPS) is 20.0. The minimum Gasteiger partial charge on any atom is -0.361 e. The van der Waals surface area contributed by atoms with Crippen LogP contribution in [0.15, 0.2) is 35.5 Å². The Morgan fingerprint density at radius 1 is 1.12 bits per heavy atom. The summed E-state index contributed by atoms with van der Waals surface area (Å²) in [5, 5.41) is 0. The van der Waals surface area contributed by atoms with E-state index in [1.165, 1.54) is 24.1 Å². The summed E-state index contributed by atoms with van der Waals surface area (Å²) in [5.74, 6) is 0.390. The monoisotopic (exact) mass is 342 g/mol. The van der Waals surface area contributed by atoms with Gasteiger partial charge in [-0.2, -0.15) is 0 Å². The lowest BCUT2D eigenvalue weighted by Crippen LogP contribution is -2.48. The Morgan fingerprint density at radius 2 is 1.88 bits per heavy atom. The van der Waals surface area contributed by atoms with Crippen LogP contribution in [0.4, 0.5) is 5.69 Å². The molecule has 1 fully saturated rings. The van der Waals surface area contributed by atoms with E-state index < -0.39 is 0 Å². The molecule has 0 bridgehead atoms. The van der Waals surface area contributed by atoms with Crippen molar-refractivity contribution in [1.29, 1.82) is 0 Å². The fourth-order valence-electron chi connectivity index (χ4n) is 3.60. The Hall–Kier alpha value is -1.90. The molecule has 1 aromatic carbocycles. The van der Waals surface area contributed by atoms with Crippen molar-refractivity contribution in [3.8, 4) is 0 Å². The third kappa shape index (κ3) is 4.39. The van der Waals surface area contributed by atoms with Gasteiger partial charge in [0.15, 0.2) is 5.78 Å². The lowest BCUT2D eigenvalue weighted by Gasteiger charge is -2.41. The first-order chi connectivity index (χ1) is 11.8. The van der Waals surface area contributed by atoms with Crippen LogP contribution in [0, 0.1) is 0 Å². The molecule has 0 saturated carbocycles. The van der Waals surface area contributed by atoms with Gasteiger partial charge in [0.25, 0.3) is 0 Å². The van der Waals surface area contributed by atoms with Gasteiger partial charge in [0.1, 0.15) is 0 Å². The van der Waals surface area contributed by atoms with Crippen LogP contribution in [0.1, 0.15) is 71.9 Å². The molecule has 3 heterocycles. The van der Waals surface area contributed by atoms with Gasteiger partial charge in [-0.05, 0) is 42.5 Å². The number of carbonyl (C=O) groups excluding carboxylic acids is 1. The van der Waals surface area contributed by atoms with E-state index in [2.05, 4.69) is 34.2 Å². The molecule has 0 amide bonds. The van der Waals surface area contributed by atoms with Gasteiger partial charge in [-0.25, -0.2) is 0 Å². The highest BCUT2D eigenvalue weighted by Crippen LogP contribution is 2.34. The van der Waals surface area contributed by atoms with E-state index in [0.717, 1.165) is 30.7 Å². The molecule has 4 rings (SSSR count). The highest BCUT2D eigenvalue weighted by Gasteiger charge is 2.34. The van der Waals surface area contributed by atoms with Crippen LogP contribution in [0.25, 0.3) is 0 Å². The van der Waals surface area contributed by atoms with Gasteiger partial charge < -0.3 is 4.90 Å². The molecule has 1 saturated heterocycles. The molecule has 0 spiro atoms. The van der Waals surface area contributed by atoms with Gasteiger partial charge in [0.05, 0.1) is 11.8 Å². The second-order valence-electron chi connectivity index (χ2n) is 5.86. The summed E-state index contributed by atoms with van der Waals surface area (Å²) in [6.07, 6.45) is 8.83. The smallest absolute Gasteiger partial charge is 0.159 e. The van der Waals surface area contributed by atoms with Crippen molar-refractivity contribution >= 4 is 17.2 Å². The summed E-state index contributed by atoms with van der Waals surface area (Å²) in [5.41, 5.74) is 4.72. The van der Waals surface area contributed by atoms with Crippen LogP contribution in [-0.4, -0.2) is 24.1 Å². The third-order valence-corrected chi connectivity index (χ3v) is 4.61. The molecular weight excluding hydrogens is 308 g/mol. The van der Waals surface area contributed by atoms with Crippen molar-refractivity contribution in [2.75, 3.05) is 11.4 Å². The van der Waals surface area contributed by atoms with Gasteiger partial charge in [0, 0.05) is 31.3 Å². The Morgan fingerprint density at radius 3 is 2.56 bits per heavy atom. The molecule has 0 aromatic heterocycles. The number of rotatable bonds is 1. The number of fused-ring (bicyclic) bond motifs is 3. The van der Waals surface area contributed by atoms with E-state index in [1.54, 1.807) is 0 Å². The Balaban J connectivity index is 0.000000586. The zero-order valence-electron chi connectivity index (χ0n) is 15.5. The van der Waals surface area contributed by atoms with Crippen LogP contribution in [-0.2, 0) is 11.2 Å². The maximum Gasteiger partial charge on any atom is 0.159 e. The average Bonchev–Trinajstić information content (AvgIpc) is 3.20. The maximum atomic E-state index is 12.3. The maximum absolute atomic E-state index is 12.3. The van der Waals surface area contributed by atoms with Crippen molar-refractivity contribution in [3.63, 3.8) is 0 Å². The number of hydrogen-bond donors (Lipinski definition) is 0. The first-order valence-corrected chi connectivity index (χ1v) is 9.47. The van der Waals surface area contributed by atoms with Crippen LogP contribution in [0.5, 0.6) is 0 Å². The molecule has 1 unspecified atom stereocenters. The van der Waals surface area contributed by atoms with E-state index in [0.29, 0.717) is 12.2 Å². The predicted octanol–water partition coefficient (Wildman–Crippen LogP) is 5.57. The van der Waals surface area contributed by atoms with E-state index in [4.69, 9.17) is 0 Å². The lowest BCUT2D eigenvalue weighted by molar-refractivity contribution is -0.120. The molecule has 0 aliphatic carbocycles. The molecule has 138 valence electrons. The van der Waals surface area contributed by atoms with Crippen LogP contribution in [0.2, 0.25) is 0 Å². The van der Waals surface area contributed by atoms with Crippen molar-refractivity contribution in [3.05, 3.63) is 41.6 Å². The quantitative estimate of drug-likeness (QED) is 0.669. The average molecular weight is 343 g/mol. The number of aliphatic imine (C=N–C) groups is 1. The first kappa shape index (κ1) is 21.1. The number of hydrogen-bond acceptors (Lipinski definition) is 3. The topological polar surface area (TPSA) is 32.7 Å². The van der Waals surface area contributed by atoms with Crippen LogP contribution >= 0.6 is 0 Å². The Labute approximate surface area is 153 Å². The molecule has 1 atom stereocenters. The summed E-state index contributed by atoms with van der Waals surface area (Å²) in [4.78, 5) is 19.1. The summed E-state index contributed by atoms with van der Waals surface area (Å²) < 4.78 is 0. The van der Waals surface area contributed by atoms with Gasteiger partial charge in [0.2, 0.25) is 0 Å². The fourth-order valence-corrected chi connectivity index (χ4v) is 3.60. The first-order valence-electron chi connectivity index (χ1n) is 9.47. The fraction of sp³-hybridized carbons (Fsp3) is 0.545. The Kier molecular flexibility index (Phi) is 8.60. The number of Topliss-reactive ketones (excluding diaryl/α,β-unsaturated/α-hetero) is 1. The summed E-state index contributed by atoms with van der Waals surface area (Å²) in [6, 6.07) is 6.65. The van der Waals surface area contributed by atoms with Crippen LogP contribution in [0.3, 0.4) is 0 Å². The van der Waals surface area contributed by atoms with Crippen molar-refractivity contribution in [2.45, 2.75) is 73.3 Å². The van der Waals surface area contributed by atoms with E-state index in [-0.39, 0.29) is 13.5 Å². The number of carbonyl (C=O) groups is 1. The molecule has 3 nitrogen and oxygen atoms in total. The van der Waals surface area contributed by atoms with E-state index in [1.807, 2.05) is 33.9 Å². The molecule has 3 heteroatoms. The van der Waals surface area contributed by atoms with Crippen molar-refractivity contribution < 1.29 is 4.79 Å². The molecule has 0 radical (unpaired) electrons. The number of ketones is 1. The summed E-state index contributed by atoms with van der Waals surface area (Å²) in [7, 11) is 0. The highest BCUT2D eigenvalue weighted by molar-refractivity contribution is 6.04. The minimum atomic E-state index is 0.